The number of carbonyl (C=O) groups is 1. The summed E-state index contributed by atoms with van der Waals surface area (Å²) in [5, 5.41) is 13.4. The van der Waals surface area contributed by atoms with Crippen molar-refractivity contribution in [2.45, 2.75) is 13.2 Å². The first kappa shape index (κ1) is 19.7. The van der Waals surface area contributed by atoms with Gasteiger partial charge in [-0.3, -0.25) is 4.79 Å². The van der Waals surface area contributed by atoms with E-state index in [1.807, 2.05) is 48.5 Å². The number of nitrogen functional groups attached to an aromatic ring is 1. The highest BCUT2D eigenvalue weighted by Crippen LogP contribution is 2.21. The fourth-order valence-electron chi connectivity index (χ4n) is 2.49. The Bertz CT molecular complexity index is 931. The van der Waals surface area contributed by atoms with Crippen molar-refractivity contribution in [2.24, 2.45) is 0 Å². The van der Waals surface area contributed by atoms with Gasteiger partial charge in [0.25, 0.3) is 5.91 Å². The van der Waals surface area contributed by atoms with Crippen molar-refractivity contribution in [2.75, 3.05) is 18.8 Å². The molecule has 0 bridgehead atoms. The van der Waals surface area contributed by atoms with Crippen molar-refractivity contribution in [3.05, 3.63) is 70.4 Å². The zero-order valence-electron chi connectivity index (χ0n) is 15.0. The molecule has 0 fully saturated rings. The van der Waals surface area contributed by atoms with Crippen molar-refractivity contribution >= 4 is 23.3 Å². The van der Waals surface area contributed by atoms with E-state index in [2.05, 4.69) is 25.6 Å². The van der Waals surface area contributed by atoms with Gasteiger partial charge in [0.05, 0.1) is 0 Å². The number of halogens is 1. The number of amides is 1. The average Bonchev–Trinajstić information content (AvgIpc) is 3.14. The van der Waals surface area contributed by atoms with E-state index in [-0.39, 0.29) is 11.5 Å². The minimum atomic E-state index is -0.427. The van der Waals surface area contributed by atoms with Gasteiger partial charge in [-0.05, 0) is 22.4 Å². The number of hydrogen-bond acceptors (Lipinski definition) is 7. The second kappa shape index (κ2) is 9.72. The predicted molar refractivity (Wildman–Crippen MR) is 105 cm³/mol. The molecule has 0 unspecified atom stereocenters. The molecule has 146 valence electrons. The van der Waals surface area contributed by atoms with Gasteiger partial charge in [-0.1, -0.05) is 48.0 Å². The molecule has 0 atom stereocenters. The van der Waals surface area contributed by atoms with E-state index in [1.54, 1.807) is 0 Å². The van der Waals surface area contributed by atoms with Crippen LogP contribution in [0.4, 0.5) is 5.82 Å². The lowest BCUT2D eigenvalue weighted by Gasteiger charge is -2.13. The van der Waals surface area contributed by atoms with Crippen LogP contribution in [-0.2, 0) is 13.2 Å². The monoisotopic (exact) mass is 401 g/mol. The number of nitrogens with one attached hydrogen (secondary N) is 2. The molecule has 0 spiro atoms. The lowest BCUT2D eigenvalue weighted by molar-refractivity contribution is 0.0944. The van der Waals surface area contributed by atoms with Crippen LogP contribution in [0.15, 0.2) is 53.2 Å². The van der Waals surface area contributed by atoms with Crippen LogP contribution in [0.25, 0.3) is 0 Å². The van der Waals surface area contributed by atoms with Crippen LogP contribution in [0, 0.1) is 0 Å². The van der Waals surface area contributed by atoms with E-state index in [0.29, 0.717) is 31.3 Å². The Morgan fingerprint density at radius 1 is 1.07 bits per heavy atom. The van der Waals surface area contributed by atoms with Gasteiger partial charge < -0.3 is 21.1 Å². The van der Waals surface area contributed by atoms with Gasteiger partial charge in [-0.25, -0.2) is 4.63 Å². The highest BCUT2D eigenvalue weighted by Gasteiger charge is 2.14. The third-order valence-corrected chi connectivity index (χ3v) is 4.31. The summed E-state index contributed by atoms with van der Waals surface area (Å²) in [7, 11) is 0. The van der Waals surface area contributed by atoms with Crippen molar-refractivity contribution in [1.29, 1.82) is 0 Å². The molecule has 28 heavy (non-hydrogen) atoms. The van der Waals surface area contributed by atoms with E-state index in [0.717, 1.165) is 16.9 Å². The van der Waals surface area contributed by atoms with E-state index < -0.39 is 5.91 Å². The SMILES string of the molecule is Nc1nonc1C(=O)NCCNCc1ccccc1OCc1ccccc1Cl. The highest BCUT2D eigenvalue weighted by atomic mass is 35.5. The third-order valence-electron chi connectivity index (χ3n) is 3.95. The minimum absolute atomic E-state index is 0.0154. The summed E-state index contributed by atoms with van der Waals surface area (Å²) < 4.78 is 10.3. The quantitative estimate of drug-likeness (QED) is 0.471. The van der Waals surface area contributed by atoms with Crippen LogP contribution in [0.1, 0.15) is 21.6 Å². The topological polar surface area (TPSA) is 115 Å². The van der Waals surface area contributed by atoms with Gasteiger partial charge in [0, 0.05) is 35.8 Å². The number of nitrogens with two attached hydrogens (primary N) is 1. The molecule has 2 aromatic carbocycles. The molecule has 8 nitrogen and oxygen atoms in total. The normalized spacial score (nSPS) is 10.6. The maximum Gasteiger partial charge on any atom is 0.277 e. The van der Waals surface area contributed by atoms with Gasteiger partial charge in [0.15, 0.2) is 0 Å². The van der Waals surface area contributed by atoms with Crippen molar-refractivity contribution in [3.8, 4) is 5.75 Å². The molecule has 0 aliphatic rings. The molecule has 0 aliphatic carbocycles. The largest absolute Gasteiger partial charge is 0.489 e. The second-order valence-electron chi connectivity index (χ2n) is 5.92. The molecule has 9 heteroatoms. The predicted octanol–water partition coefficient (Wildman–Crippen LogP) is 2.40. The van der Waals surface area contributed by atoms with Crippen LogP contribution in [0.2, 0.25) is 5.02 Å². The molecule has 0 radical (unpaired) electrons. The number of ether oxygens (including phenoxy) is 1. The number of hydrogen-bond donors (Lipinski definition) is 3. The average molecular weight is 402 g/mol. The summed E-state index contributed by atoms with van der Waals surface area (Å²) in [6.45, 7) is 1.92. The molecular weight excluding hydrogens is 382 g/mol. The fraction of sp³-hybridized carbons (Fsp3) is 0.211. The van der Waals surface area contributed by atoms with Crippen molar-refractivity contribution < 1.29 is 14.2 Å². The fourth-order valence-corrected chi connectivity index (χ4v) is 2.68. The zero-order valence-corrected chi connectivity index (χ0v) is 15.8. The Morgan fingerprint density at radius 2 is 1.82 bits per heavy atom. The van der Waals surface area contributed by atoms with Gasteiger partial charge >= 0.3 is 0 Å². The molecular formula is C19H20ClN5O3. The molecule has 0 aliphatic heterocycles. The number of para-hydroxylation sites is 1. The summed E-state index contributed by atoms with van der Waals surface area (Å²) >= 11 is 6.17. The molecule has 1 aromatic heterocycles. The van der Waals surface area contributed by atoms with E-state index in [9.17, 15) is 4.79 Å². The molecule has 1 amide bonds. The molecule has 4 N–H and O–H groups in total. The second-order valence-corrected chi connectivity index (χ2v) is 6.33. The van der Waals surface area contributed by atoms with Crippen LogP contribution in [0.5, 0.6) is 5.75 Å². The summed E-state index contributed by atoms with van der Waals surface area (Å²) in [6, 6.07) is 15.3. The molecule has 0 saturated heterocycles. The van der Waals surface area contributed by atoms with Gasteiger partial charge in [-0.15, -0.1) is 0 Å². The van der Waals surface area contributed by atoms with Crippen LogP contribution in [-0.4, -0.2) is 29.3 Å². The third kappa shape index (κ3) is 5.21. The van der Waals surface area contributed by atoms with E-state index in [1.165, 1.54) is 0 Å². The minimum Gasteiger partial charge on any atom is -0.489 e. The first-order valence-corrected chi connectivity index (χ1v) is 9.04. The summed E-state index contributed by atoms with van der Waals surface area (Å²) in [5.74, 6) is 0.319. The van der Waals surface area contributed by atoms with Gasteiger partial charge in [0.1, 0.15) is 12.4 Å². The first-order valence-electron chi connectivity index (χ1n) is 8.66. The van der Waals surface area contributed by atoms with E-state index >= 15 is 0 Å². The van der Waals surface area contributed by atoms with Crippen LogP contribution < -0.4 is 21.1 Å². The zero-order chi connectivity index (χ0) is 19.8. The number of rotatable bonds is 9. The number of carbonyl (C=O) groups excluding carboxylic acids is 1. The van der Waals surface area contributed by atoms with Gasteiger partial charge in [-0.2, -0.15) is 0 Å². The maximum absolute atomic E-state index is 11.8. The Labute approximate surface area is 167 Å². The molecule has 1 heterocycles. The molecule has 3 rings (SSSR count). The summed E-state index contributed by atoms with van der Waals surface area (Å²) in [5.41, 5.74) is 7.40. The van der Waals surface area contributed by atoms with E-state index in [4.69, 9.17) is 22.1 Å². The van der Waals surface area contributed by atoms with Crippen LogP contribution >= 0.6 is 11.6 Å². The standard InChI is InChI=1S/C19H20ClN5O3/c20-15-7-3-1-6-14(15)12-27-16-8-4-2-5-13(16)11-22-9-10-23-19(26)17-18(21)25-28-24-17/h1-8,22H,9-12H2,(H2,21,25)(H,23,26). The lowest BCUT2D eigenvalue weighted by atomic mass is 10.2. The Balaban J connectivity index is 1.45. The van der Waals surface area contributed by atoms with Crippen LogP contribution in [0.3, 0.4) is 0 Å². The number of nitrogens with zero attached hydrogens (tertiary/aromatic N) is 2. The number of benzene rings is 2. The Morgan fingerprint density at radius 3 is 2.57 bits per heavy atom. The summed E-state index contributed by atoms with van der Waals surface area (Å²) in [6.07, 6.45) is 0. The maximum atomic E-state index is 11.8. The first-order chi connectivity index (χ1) is 13.6. The Hall–Kier alpha value is -3.10. The molecule has 0 saturated carbocycles. The highest BCUT2D eigenvalue weighted by molar-refractivity contribution is 6.31. The van der Waals surface area contributed by atoms with Gasteiger partial charge in [0.2, 0.25) is 11.5 Å². The van der Waals surface area contributed by atoms with Crippen molar-refractivity contribution in [1.82, 2.24) is 20.9 Å². The summed E-state index contributed by atoms with van der Waals surface area (Å²) in [4.78, 5) is 11.8. The number of aromatic nitrogens is 2. The lowest BCUT2D eigenvalue weighted by Crippen LogP contribution is -2.32. The van der Waals surface area contributed by atoms with Crippen molar-refractivity contribution in [3.63, 3.8) is 0 Å². The number of anilines is 1. The smallest absolute Gasteiger partial charge is 0.277 e. The molecule has 3 aromatic rings. The Kier molecular flexibility index (Phi) is 6.83.